The zero-order chi connectivity index (χ0) is 47.6. The number of halogens is 1. The zero-order valence-electron chi connectivity index (χ0n) is 38.9. The molecule has 352 valence electrons. The lowest BCUT2D eigenvalue weighted by atomic mass is 10.2. The van der Waals surface area contributed by atoms with E-state index >= 15 is 0 Å². The van der Waals surface area contributed by atoms with Crippen molar-refractivity contribution in [3.05, 3.63) is 138 Å². The molecule has 4 fully saturated rings. The number of anilines is 4. The average Bonchev–Trinajstić information content (AvgIpc) is 3.85. The number of amides is 4. The number of urea groups is 2. The van der Waals surface area contributed by atoms with Gasteiger partial charge in [-0.2, -0.15) is 0 Å². The second-order valence-electron chi connectivity index (χ2n) is 18.0. The lowest BCUT2D eigenvalue weighted by Crippen LogP contribution is -2.32. The molecule has 2 aromatic carbocycles. The summed E-state index contributed by atoms with van der Waals surface area (Å²) < 4.78 is 6.91. The third kappa shape index (κ3) is 9.90. The number of nitrogens with zero attached hydrogens (tertiary/aromatic N) is 15. The molecule has 1 N–H and O–H groups in total. The van der Waals surface area contributed by atoms with Crippen LogP contribution in [0.1, 0.15) is 88.7 Å². The minimum atomic E-state index is -0.0866. The van der Waals surface area contributed by atoms with Gasteiger partial charge in [0.25, 0.3) is 0 Å². The summed E-state index contributed by atoms with van der Waals surface area (Å²) in [6.07, 6.45) is 16.2. The Morgan fingerprint density at radius 1 is 0.609 bits per heavy atom. The zero-order valence-corrected chi connectivity index (χ0v) is 40.5. The van der Waals surface area contributed by atoms with Gasteiger partial charge < -0.3 is 18.7 Å². The van der Waals surface area contributed by atoms with E-state index in [9.17, 15) is 9.59 Å². The molecule has 4 aliphatic rings. The molecule has 2 saturated carbocycles. The number of rotatable bonds is 11. The van der Waals surface area contributed by atoms with Crippen LogP contribution in [0, 0.1) is 0 Å². The van der Waals surface area contributed by atoms with Crippen LogP contribution in [0.25, 0.3) is 28.7 Å². The highest BCUT2D eigenvalue weighted by molar-refractivity contribution is 9.10. The second kappa shape index (κ2) is 19.6. The second-order valence-corrected chi connectivity index (χ2v) is 18.9. The van der Waals surface area contributed by atoms with Gasteiger partial charge >= 0.3 is 12.1 Å². The van der Waals surface area contributed by atoms with Gasteiger partial charge in [0.2, 0.25) is 0 Å². The monoisotopic (exact) mass is 988 g/mol. The van der Waals surface area contributed by atoms with Crippen molar-refractivity contribution < 1.29 is 9.59 Å². The molecule has 18 nitrogen and oxygen atoms in total. The molecule has 0 atom stereocenters. The maximum Gasteiger partial charge on any atom is 0.330 e. The Morgan fingerprint density at radius 3 is 1.65 bits per heavy atom. The van der Waals surface area contributed by atoms with Gasteiger partial charge in [-0.05, 0) is 114 Å². The Hall–Kier alpha value is -7.54. The quantitative estimate of drug-likeness (QED) is 0.131. The topological polar surface area (TPSA) is 181 Å². The van der Waals surface area contributed by atoms with Gasteiger partial charge in [0.15, 0.2) is 11.6 Å². The van der Waals surface area contributed by atoms with Gasteiger partial charge in [-0.25, -0.2) is 29.5 Å². The van der Waals surface area contributed by atoms with E-state index in [1.165, 1.54) is 31.4 Å². The number of H-pyrrole nitrogens is 1. The van der Waals surface area contributed by atoms with Gasteiger partial charge in [0, 0.05) is 89.7 Å². The van der Waals surface area contributed by atoms with Crippen molar-refractivity contribution in [1.29, 1.82) is 0 Å². The van der Waals surface area contributed by atoms with Crippen LogP contribution in [0.2, 0.25) is 0 Å². The molecule has 2 aliphatic heterocycles. The van der Waals surface area contributed by atoms with Crippen molar-refractivity contribution in [3.8, 4) is 28.7 Å². The number of pyridine rings is 2. The third-order valence-electron chi connectivity index (χ3n) is 12.5. The summed E-state index contributed by atoms with van der Waals surface area (Å²) in [6.45, 7) is 10.6. The van der Waals surface area contributed by atoms with E-state index in [4.69, 9.17) is 4.98 Å². The van der Waals surface area contributed by atoms with Gasteiger partial charge in [-0.15, -0.1) is 20.4 Å². The van der Waals surface area contributed by atoms with Crippen molar-refractivity contribution in [2.75, 3.05) is 45.8 Å². The highest BCUT2D eigenvalue weighted by Crippen LogP contribution is 2.40. The predicted molar refractivity (Wildman–Crippen MR) is 268 cm³/mol. The van der Waals surface area contributed by atoms with Crippen molar-refractivity contribution in [2.45, 2.75) is 77.3 Å². The van der Waals surface area contributed by atoms with Crippen LogP contribution in [0.3, 0.4) is 0 Å². The molecule has 69 heavy (non-hydrogen) atoms. The maximum atomic E-state index is 13.4. The van der Waals surface area contributed by atoms with E-state index in [0.717, 1.165) is 33.1 Å². The molecule has 8 heterocycles. The number of nitrogens with one attached hydrogen (secondary N) is 1. The number of benzene rings is 2. The highest BCUT2D eigenvalue weighted by Gasteiger charge is 2.34. The molecule has 6 aromatic heterocycles. The standard InChI is InChI=1S/C25H26N8O.C19H19BrN6O.C6H8N2/c1-17(2)33-16-27-29-24(33)21-7-4-8-23(28-21)32-12-11-31(25(32)34)20-6-3-5-19(13-20)30-14-22(26-15-30)18-9-10-18;1-13(2)26-12-21-23-18(26)16-7-4-8-17(22-16)25-10-9-24(19(25)27)15-6-3-5-14(20)11-15;1-2-5(1)6-3-7-4-8-6/h3-8,13-18H,9-12H2,1-2H3;3-8,11-13H,9-10H2,1-2H3;3-5H,1-2H2,(H,7,8). The minimum absolute atomic E-state index is 0.0805. The summed E-state index contributed by atoms with van der Waals surface area (Å²) in [5.41, 5.74) is 6.58. The fourth-order valence-electron chi connectivity index (χ4n) is 8.40. The Kier molecular flexibility index (Phi) is 12.8. The largest absolute Gasteiger partial charge is 0.348 e. The first-order chi connectivity index (χ1) is 33.6. The first-order valence-electron chi connectivity index (χ1n) is 23.4. The number of hydrogen-bond acceptors (Lipinski definition) is 10. The molecule has 4 amide bonds. The molecular formula is C50H53BrN16O2. The Labute approximate surface area is 408 Å². The van der Waals surface area contributed by atoms with E-state index < -0.39 is 0 Å². The van der Waals surface area contributed by atoms with Gasteiger partial charge in [-0.1, -0.05) is 40.2 Å². The molecule has 8 aromatic rings. The van der Waals surface area contributed by atoms with Gasteiger partial charge in [0.1, 0.15) is 35.7 Å². The normalized spacial score (nSPS) is 15.8. The molecule has 2 aliphatic carbocycles. The number of aromatic amines is 1. The maximum absolute atomic E-state index is 13.4. The van der Waals surface area contributed by atoms with Crippen LogP contribution in [0.5, 0.6) is 0 Å². The van der Waals surface area contributed by atoms with Crippen LogP contribution in [0.4, 0.5) is 32.6 Å². The van der Waals surface area contributed by atoms with E-state index in [0.29, 0.717) is 66.8 Å². The minimum Gasteiger partial charge on any atom is -0.348 e. The van der Waals surface area contributed by atoms with Crippen LogP contribution in [0.15, 0.2) is 127 Å². The molecule has 19 heteroatoms. The summed E-state index contributed by atoms with van der Waals surface area (Å²) in [7, 11) is 0. The molecule has 0 bridgehead atoms. The molecule has 0 spiro atoms. The molecule has 0 unspecified atom stereocenters. The van der Waals surface area contributed by atoms with E-state index in [2.05, 4.69) is 90.2 Å². The molecule has 12 rings (SSSR count). The fourth-order valence-corrected chi connectivity index (χ4v) is 8.79. The first kappa shape index (κ1) is 45.3. The molecular weight excluding hydrogens is 937 g/mol. The van der Waals surface area contributed by atoms with Crippen molar-refractivity contribution in [2.24, 2.45) is 0 Å². The molecule has 2 saturated heterocycles. The lowest BCUT2D eigenvalue weighted by molar-refractivity contribution is 0.255. The Bertz CT molecular complexity index is 3060. The van der Waals surface area contributed by atoms with Gasteiger partial charge in [-0.3, -0.25) is 19.6 Å². The van der Waals surface area contributed by atoms with Crippen molar-refractivity contribution >= 4 is 51.0 Å². The van der Waals surface area contributed by atoms with Crippen LogP contribution < -0.4 is 19.6 Å². The number of carbonyl (C=O) groups is 2. The number of hydrogen-bond donors (Lipinski definition) is 1. The summed E-state index contributed by atoms with van der Waals surface area (Å²) in [4.78, 5) is 54.3. The SMILES string of the molecule is CC(C)n1cnnc1-c1cccc(N2CCN(c3cccc(-n4cnc(C5CC5)c4)c3)C2=O)n1.CC(C)n1cnnc1-c1cccc(N2CCN(c3cccc(Br)c3)C2=O)n1.c1ncc(C2CC2)[nH]1. The summed E-state index contributed by atoms with van der Waals surface area (Å²) in [6, 6.07) is 27.3. The van der Waals surface area contributed by atoms with E-state index in [-0.39, 0.29) is 24.1 Å². The summed E-state index contributed by atoms with van der Waals surface area (Å²) in [5.74, 6) is 4.05. The average molecular weight is 990 g/mol. The third-order valence-corrected chi connectivity index (χ3v) is 12.9. The predicted octanol–water partition coefficient (Wildman–Crippen LogP) is 9.85. The van der Waals surface area contributed by atoms with E-state index in [1.54, 1.807) is 38.6 Å². The van der Waals surface area contributed by atoms with E-state index in [1.807, 2.05) is 111 Å². The van der Waals surface area contributed by atoms with Crippen molar-refractivity contribution in [1.82, 2.24) is 59.0 Å². The Morgan fingerprint density at radius 2 is 1.13 bits per heavy atom. The van der Waals surface area contributed by atoms with Crippen LogP contribution in [-0.4, -0.2) is 97.3 Å². The smallest absolute Gasteiger partial charge is 0.330 e. The highest BCUT2D eigenvalue weighted by atomic mass is 79.9. The van der Waals surface area contributed by atoms with Crippen LogP contribution >= 0.6 is 15.9 Å². The molecule has 0 radical (unpaired) electrons. The Balaban J connectivity index is 0.000000140. The van der Waals surface area contributed by atoms with Gasteiger partial charge in [0.05, 0.1) is 18.3 Å². The van der Waals surface area contributed by atoms with Crippen molar-refractivity contribution in [3.63, 3.8) is 0 Å². The number of imidazole rings is 2. The number of aromatic nitrogens is 12. The summed E-state index contributed by atoms with van der Waals surface area (Å²) in [5, 5.41) is 16.5. The fraction of sp³-hybridized carbons (Fsp3) is 0.320. The van der Waals surface area contributed by atoms with Crippen LogP contribution in [-0.2, 0) is 0 Å². The first-order valence-corrected chi connectivity index (χ1v) is 24.2. The summed E-state index contributed by atoms with van der Waals surface area (Å²) >= 11 is 3.46. The number of carbonyl (C=O) groups excluding carboxylic acids is 2. The lowest BCUT2D eigenvalue weighted by Gasteiger charge is -2.19.